The number of azo groups is 1. The Bertz CT molecular complexity index is 654. The second-order valence-electron chi connectivity index (χ2n) is 3.59. The van der Waals surface area contributed by atoms with Crippen molar-refractivity contribution in [3.05, 3.63) is 54.4 Å². The lowest BCUT2D eigenvalue weighted by molar-refractivity contribution is -0.116. The summed E-state index contributed by atoms with van der Waals surface area (Å²) in [7, 11) is 0. The molecule has 0 bridgehead atoms. The van der Waals surface area contributed by atoms with Crippen molar-refractivity contribution < 1.29 is 9.53 Å². The molecule has 3 rings (SSSR count). The van der Waals surface area contributed by atoms with Gasteiger partial charge in [-0.3, -0.25) is 4.79 Å². The molecule has 2 aromatic rings. The largest absolute Gasteiger partial charge is 0.449 e. The van der Waals surface area contributed by atoms with Crippen LogP contribution in [0.4, 0.5) is 0 Å². The molecular formula is C13H8N2O2. The molecule has 0 aromatic heterocycles. The zero-order chi connectivity index (χ0) is 11.7. The first-order valence-corrected chi connectivity index (χ1v) is 5.15. The van der Waals surface area contributed by atoms with Gasteiger partial charge in [0.1, 0.15) is 5.75 Å². The molecule has 17 heavy (non-hydrogen) atoms. The van der Waals surface area contributed by atoms with Crippen LogP contribution in [0.25, 0.3) is 10.8 Å². The van der Waals surface area contributed by atoms with Crippen LogP contribution in [0.3, 0.4) is 0 Å². The molecular weight excluding hydrogens is 216 g/mol. The molecule has 1 heterocycles. The number of carbonyl (C=O) groups excluding carboxylic acids is 1. The molecule has 0 saturated heterocycles. The number of rotatable bonds is 2. The number of ether oxygens (including phenoxy) is 1. The van der Waals surface area contributed by atoms with E-state index in [1.54, 1.807) is 0 Å². The minimum absolute atomic E-state index is 0.154. The van der Waals surface area contributed by atoms with Gasteiger partial charge < -0.3 is 4.74 Å². The van der Waals surface area contributed by atoms with Gasteiger partial charge in [-0.2, -0.15) is 5.11 Å². The third-order valence-electron chi connectivity index (χ3n) is 2.50. The topological polar surface area (TPSA) is 51.0 Å². The van der Waals surface area contributed by atoms with E-state index < -0.39 is 5.91 Å². The van der Waals surface area contributed by atoms with E-state index in [0.29, 0.717) is 5.75 Å². The fraction of sp³-hybridized carbons (Fsp3) is 0. The smallest absolute Gasteiger partial charge is 0.332 e. The van der Waals surface area contributed by atoms with Gasteiger partial charge in [0.05, 0.1) is 6.20 Å². The zero-order valence-electron chi connectivity index (χ0n) is 8.83. The van der Waals surface area contributed by atoms with Crippen LogP contribution in [0.2, 0.25) is 0 Å². The van der Waals surface area contributed by atoms with Crippen molar-refractivity contribution in [1.29, 1.82) is 0 Å². The van der Waals surface area contributed by atoms with Crippen LogP contribution in [0.5, 0.6) is 5.75 Å². The van der Waals surface area contributed by atoms with E-state index in [9.17, 15) is 4.79 Å². The third-order valence-corrected chi connectivity index (χ3v) is 2.50. The van der Waals surface area contributed by atoms with E-state index >= 15 is 0 Å². The molecule has 82 valence electrons. The Hall–Kier alpha value is -2.49. The predicted molar refractivity (Wildman–Crippen MR) is 62.5 cm³/mol. The van der Waals surface area contributed by atoms with Gasteiger partial charge in [0.25, 0.3) is 0 Å². The Morgan fingerprint density at radius 1 is 1.00 bits per heavy atom. The number of amides is 1. The summed E-state index contributed by atoms with van der Waals surface area (Å²) in [5, 5.41) is 8.89. The first kappa shape index (κ1) is 9.72. The summed E-state index contributed by atoms with van der Waals surface area (Å²) in [6, 6.07) is 13.5. The summed E-state index contributed by atoms with van der Waals surface area (Å²) in [4.78, 5) is 11.3. The van der Waals surface area contributed by atoms with E-state index in [1.807, 2.05) is 42.5 Å². The summed E-state index contributed by atoms with van der Waals surface area (Å²) >= 11 is 0. The molecule has 0 unspecified atom stereocenters. The molecule has 4 nitrogen and oxygen atoms in total. The van der Waals surface area contributed by atoms with Crippen molar-refractivity contribution >= 4 is 16.7 Å². The molecule has 0 atom stereocenters. The molecule has 0 aliphatic carbocycles. The quantitative estimate of drug-likeness (QED) is 0.787. The van der Waals surface area contributed by atoms with Crippen molar-refractivity contribution in [3.63, 3.8) is 0 Å². The second kappa shape index (κ2) is 3.83. The van der Waals surface area contributed by atoms with Crippen LogP contribution in [0, 0.1) is 0 Å². The molecule has 2 aromatic carbocycles. The molecule has 0 saturated carbocycles. The van der Waals surface area contributed by atoms with Crippen molar-refractivity contribution in [2.75, 3.05) is 0 Å². The number of benzene rings is 2. The molecule has 0 N–H and O–H groups in total. The SMILES string of the molecule is O=C1N=NC=C1Oc1cccc2ccccc12. The maximum absolute atomic E-state index is 11.3. The highest BCUT2D eigenvalue weighted by Crippen LogP contribution is 2.27. The van der Waals surface area contributed by atoms with Gasteiger partial charge in [0.15, 0.2) is 0 Å². The van der Waals surface area contributed by atoms with Gasteiger partial charge in [-0.25, -0.2) is 0 Å². The number of carbonyl (C=O) groups is 1. The molecule has 0 radical (unpaired) electrons. The second-order valence-corrected chi connectivity index (χ2v) is 3.59. The van der Waals surface area contributed by atoms with Crippen LogP contribution in [-0.2, 0) is 4.79 Å². The molecule has 1 aliphatic rings. The Labute approximate surface area is 97.2 Å². The van der Waals surface area contributed by atoms with Gasteiger partial charge >= 0.3 is 5.91 Å². The lowest BCUT2D eigenvalue weighted by atomic mass is 10.1. The van der Waals surface area contributed by atoms with Crippen LogP contribution in [0.1, 0.15) is 0 Å². The van der Waals surface area contributed by atoms with Gasteiger partial charge in [0, 0.05) is 5.39 Å². The Balaban J connectivity index is 2.04. The molecule has 1 amide bonds. The Kier molecular flexibility index (Phi) is 2.19. The van der Waals surface area contributed by atoms with E-state index in [0.717, 1.165) is 10.8 Å². The van der Waals surface area contributed by atoms with E-state index in [2.05, 4.69) is 10.2 Å². The first-order valence-electron chi connectivity index (χ1n) is 5.15. The average molecular weight is 224 g/mol. The predicted octanol–water partition coefficient (Wildman–Crippen LogP) is 3.05. The van der Waals surface area contributed by atoms with Gasteiger partial charge in [0.2, 0.25) is 5.76 Å². The number of hydrogen-bond donors (Lipinski definition) is 0. The fourth-order valence-corrected chi connectivity index (χ4v) is 1.71. The van der Waals surface area contributed by atoms with Gasteiger partial charge in [-0.1, -0.05) is 36.4 Å². The van der Waals surface area contributed by atoms with Crippen LogP contribution >= 0.6 is 0 Å². The van der Waals surface area contributed by atoms with Gasteiger partial charge in [-0.15, -0.1) is 5.11 Å². The molecule has 0 fully saturated rings. The van der Waals surface area contributed by atoms with E-state index in [4.69, 9.17) is 4.74 Å². The Morgan fingerprint density at radius 2 is 1.82 bits per heavy atom. The summed E-state index contributed by atoms with van der Waals surface area (Å²) in [5.41, 5.74) is 0. The van der Waals surface area contributed by atoms with Crippen LogP contribution in [-0.4, -0.2) is 5.91 Å². The van der Waals surface area contributed by atoms with Crippen molar-refractivity contribution in [3.8, 4) is 5.75 Å². The minimum Gasteiger partial charge on any atom is -0.449 e. The minimum atomic E-state index is -0.446. The number of hydrogen-bond acceptors (Lipinski definition) is 3. The molecule has 4 heteroatoms. The molecule has 1 aliphatic heterocycles. The summed E-state index contributed by atoms with van der Waals surface area (Å²) in [6.45, 7) is 0. The first-order chi connectivity index (χ1) is 8.34. The monoisotopic (exact) mass is 224 g/mol. The lowest BCUT2D eigenvalue weighted by Gasteiger charge is -2.07. The maximum Gasteiger partial charge on any atom is 0.332 e. The van der Waals surface area contributed by atoms with Crippen molar-refractivity contribution in [1.82, 2.24) is 0 Å². The molecule has 0 spiro atoms. The highest BCUT2D eigenvalue weighted by molar-refractivity contribution is 5.95. The van der Waals surface area contributed by atoms with Crippen LogP contribution in [0.15, 0.2) is 64.7 Å². The average Bonchev–Trinajstić information content (AvgIpc) is 2.76. The Morgan fingerprint density at radius 3 is 2.65 bits per heavy atom. The van der Waals surface area contributed by atoms with Crippen molar-refractivity contribution in [2.24, 2.45) is 10.2 Å². The lowest BCUT2D eigenvalue weighted by Crippen LogP contribution is -2.02. The van der Waals surface area contributed by atoms with Crippen molar-refractivity contribution in [2.45, 2.75) is 0 Å². The van der Waals surface area contributed by atoms with Crippen LogP contribution < -0.4 is 4.74 Å². The number of fused-ring (bicyclic) bond motifs is 1. The highest BCUT2D eigenvalue weighted by atomic mass is 16.5. The summed E-state index contributed by atoms with van der Waals surface area (Å²) < 4.78 is 5.52. The number of nitrogens with zero attached hydrogens (tertiary/aromatic N) is 2. The van der Waals surface area contributed by atoms with E-state index in [1.165, 1.54) is 6.20 Å². The van der Waals surface area contributed by atoms with Gasteiger partial charge in [-0.05, 0) is 11.5 Å². The summed E-state index contributed by atoms with van der Waals surface area (Å²) in [6.07, 6.45) is 1.32. The zero-order valence-corrected chi connectivity index (χ0v) is 8.83. The third kappa shape index (κ3) is 1.69. The summed E-state index contributed by atoms with van der Waals surface area (Å²) in [5.74, 6) is 0.342. The highest BCUT2D eigenvalue weighted by Gasteiger charge is 2.16. The normalized spacial score (nSPS) is 14.1. The standard InChI is InChI=1S/C13H8N2O2/c16-13-12(8-14-15-13)17-11-7-3-5-9-4-1-2-6-10(9)11/h1-8H. The fourth-order valence-electron chi connectivity index (χ4n) is 1.71. The van der Waals surface area contributed by atoms with E-state index in [-0.39, 0.29) is 5.76 Å². The maximum atomic E-state index is 11.3.